The van der Waals surface area contributed by atoms with Gasteiger partial charge in [-0.25, -0.2) is 9.37 Å². The summed E-state index contributed by atoms with van der Waals surface area (Å²) < 4.78 is 25.6. The number of ether oxygens (including phenoxy) is 2. The Morgan fingerprint density at radius 2 is 2.10 bits per heavy atom. The van der Waals surface area contributed by atoms with Crippen LogP contribution in [-0.4, -0.2) is 51.1 Å². The zero-order chi connectivity index (χ0) is 27.6. The van der Waals surface area contributed by atoms with E-state index in [9.17, 15) is 14.3 Å². The summed E-state index contributed by atoms with van der Waals surface area (Å²) in [4.78, 5) is 17.6. The summed E-state index contributed by atoms with van der Waals surface area (Å²) in [5.74, 6) is 0.275. The average Bonchev–Trinajstić information content (AvgIpc) is 3.33. The normalized spacial score (nSPS) is 19.3. The number of hydrogen-bond donors (Lipinski definition) is 3. The number of aromatic nitrogens is 3. The highest BCUT2D eigenvalue weighted by atomic mass is 19.1. The number of methoxy groups -OCH3 is 1. The van der Waals surface area contributed by atoms with E-state index in [0.29, 0.717) is 47.7 Å². The lowest BCUT2D eigenvalue weighted by Gasteiger charge is -2.37. The summed E-state index contributed by atoms with van der Waals surface area (Å²) in [6, 6.07) is 13.5. The molecule has 2 aromatic carbocycles. The number of pyridine rings is 1. The Kier molecular flexibility index (Phi) is 7.52. The number of halogens is 1. The molecule has 9 heteroatoms. The number of carbonyl (C=O) groups excluding carboxylic acids is 1. The van der Waals surface area contributed by atoms with Crippen molar-refractivity contribution in [2.24, 2.45) is 0 Å². The SMILES string of the molecule is COc1cccc(F)c1C[C@]1(O)CCC[C@@H](NC(=O)c2ccc3[nH]nc(-c4ccnc(OC(C)C)c4)c3c2)C1. The van der Waals surface area contributed by atoms with Gasteiger partial charge in [-0.05, 0) is 75.9 Å². The van der Waals surface area contributed by atoms with E-state index in [2.05, 4.69) is 20.5 Å². The predicted octanol–water partition coefficient (Wildman–Crippen LogP) is 5.21. The summed E-state index contributed by atoms with van der Waals surface area (Å²) in [6.45, 7) is 3.88. The molecule has 2 aromatic heterocycles. The Labute approximate surface area is 226 Å². The number of rotatable bonds is 8. The molecule has 4 aromatic rings. The van der Waals surface area contributed by atoms with Gasteiger partial charge in [-0.2, -0.15) is 5.10 Å². The molecule has 0 bridgehead atoms. The molecule has 1 fully saturated rings. The molecule has 1 aliphatic rings. The number of fused-ring (bicyclic) bond motifs is 1. The fourth-order valence-corrected chi connectivity index (χ4v) is 5.36. The number of carbonyl (C=O) groups is 1. The quantitative estimate of drug-likeness (QED) is 0.288. The molecule has 0 radical (unpaired) electrons. The van der Waals surface area contributed by atoms with Crippen molar-refractivity contribution in [2.45, 2.75) is 63.7 Å². The lowest BCUT2D eigenvalue weighted by Crippen LogP contribution is -2.47. The molecule has 0 saturated heterocycles. The molecule has 0 spiro atoms. The Morgan fingerprint density at radius 1 is 1.26 bits per heavy atom. The maximum atomic E-state index is 14.5. The maximum Gasteiger partial charge on any atom is 0.251 e. The number of aromatic amines is 1. The van der Waals surface area contributed by atoms with Crippen molar-refractivity contribution in [3.63, 3.8) is 0 Å². The number of aliphatic hydroxyl groups is 1. The first-order chi connectivity index (χ1) is 18.7. The molecule has 1 saturated carbocycles. The van der Waals surface area contributed by atoms with E-state index in [1.807, 2.05) is 38.1 Å². The van der Waals surface area contributed by atoms with Crippen molar-refractivity contribution >= 4 is 16.8 Å². The van der Waals surface area contributed by atoms with Crippen LogP contribution in [-0.2, 0) is 6.42 Å². The smallest absolute Gasteiger partial charge is 0.251 e. The van der Waals surface area contributed by atoms with Gasteiger partial charge in [0.2, 0.25) is 5.88 Å². The van der Waals surface area contributed by atoms with Crippen LogP contribution in [0.4, 0.5) is 4.39 Å². The van der Waals surface area contributed by atoms with E-state index in [4.69, 9.17) is 9.47 Å². The van der Waals surface area contributed by atoms with Crippen molar-refractivity contribution in [1.82, 2.24) is 20.5 Å². The number of hydrogen-bond acceptors (Lipinski definition) is 6. The fourth-order valence-electron chi connectivity index (χ4n) is 5.36. The summed E-state index contributed by atoms with van der Waals surface area (Å²) in [7, 11) is 1.49. The molecule has 0 unspecified atom stereocenters. The summed E-state index contributed by atoms with van der Waals surface area (Å²) in [5, 5.41) is 22.8. The van der Waals surface area contributed by atoms with Gasteiger partial charge in [0.05, 0.1) is 24.3 Å². The van der Waals surface area contributed by atoms with Gasteiger partial charge in [0, 0.05) is 46.8 Å². The lowest BCUT2D eigenvalue weighted by atomic mass is 9.77. The van der Waals surface area contributed by atoms with E-state index in [1.54, 1.807) is 24.4 Å². The standard InChI is InChI=1S/C30H33FN4O4/c1-18(2)39-27-15-19(11-13-32-27)28-22-14-20(9-10-25(22)34-35-28)29(36)33-21-6-5-12-30(37,16-21)17-23-24(31)7-4-8-26(23)38-3/h4,7-11,13-15,18,21,37H,5-6,12,16-17H2,1-3H3,(H,33,36)(H,34,35)/t21-,30+/m1/s1. The first-order valence-corrected chi connectivity index (χ1v) is 13.2. The van der Waals surface area contributed by atoms with Gasteiger partial charge in [0.15, 0.2) is 0 Å². The van der Waals surface area contributed by atoms with Crippen molar-refractivity contribution < 1.29 is 23.8 Å². The van der Waals surface area contributed by atoms with Crippen LogP contribution in [0, 0.1) is 5.82 Å². The first kappa shape index (κ1) is 26.6. The molecule has 204 valence electrons. The Morgan fingerprint density at radius 3 is 2.90 bits per heavy atom. The zero-order valence-corrected chi connectivity index (χ0v) is 22.3. The number of nitrogens with zero attached hydrogens (tertiary/aromatic N) is 2. The molecule has 3 N–H and O–H groups in total. The highest BCUT2D eigenvalue weighted by Gasteiger charge is 2.36. The van der Waals surface area contributed by atoms with E-state index < -0.39 is 11.4 Å². The Bertz CT molecular complexity index is 1490. The van der Waals surface area contributed by atoms with Crippen LogP contribution in [0.1, 0.15) is 55.5 Å². The van der Waals surface area contributed by atoms with Crippen LogP contribution in [0.2, 0.25) is 0 Å². The topological polar surface area (TPSA) is 109 Å². The van der Waals surface area contributed by atoms with Crippen LogP contribution >= 0.6 is 0 Å². The highest BCUT2D eigenvalue weighted by Crippen LogP contribution is 2.35. The monoisotopic (exact) mass is 532 g/mol. The van der Waals surface area contributed by atoms with Crippen molar-refractivity contribution in [3.8, 4) is 22.9 Å². The molecule has 2 atom stereocenters. The Hall–Kier alpha value is -3.98. The van der Waals surface area contributed by atoms with E-state index >= 15 is 0 Å². The molecule has 5 rings (SSSR count). The van der Waals surface area contributed by atoms with Crippen LogP contribution in [0.25, 0.3) is 22.2 Å². The molecular formula is C30H33FN4O4. The largest absolute Gasteiger partial charge is 0.496 e. The number of nitrogens with one attached hydrogen (secondary N) is 2. The van der Waals surface area contributed by atoms with Crippen LogP contribution in [0.5, 0.6) is 11.6 Å². The van der Waals surface area contributed by atoms with Gasteiger partial charge in [-0.15, -0.1) is 0 Å². The third kappa shape index (κ3) is 5.88. The lowest BCUT2D eigenvalue weighted by molar-refractivity contribution is -0.00729. The third-order valence-corrected chi connectivity index (χ3v) is 7.15. The van der Waals surface area contributed by atoms with Gasteiger partial charge < -0.3 is 19.9 Å². The summed E-state index contributed by atoms with van der Waals surface area (Å²) in [6.07, 6.45) is 4.08. The summed E-state index contributed by atoms with van der Waals surface area (Å²) in [5.41, 5.74) is 2.01. The highest BCUT2D eigenvalue weighted by molar-refractivity contribution is 6.01. The van der Waals surface area contributed by atoms with E-state index in [1.165, 1.54) is 13.2 Å². The molecular weight excluding hydrogens is 499 g/mol. The van der Waals surface area contributed by atoms with Crippen molar-refractivity contribution in [2.75, 3.05) is 7.11 Å². The molecule has 1 aliphatic carbocycles. The number of H-pyrrole nitrogens is 1. The van der Waals surface area contributed by atoms with Crippen LogP contribution in [0.15, 0.2) is 54.7 Å². The van der Waals surface area contributed by atoms with Gasteiger partial charge in [0.1, 0.15) is 17.3 Å². The second kappa shape index (κ2) is 11.0. The third-order valence-electron chi connectivity index (χ3n) is 7.15. The maximum absolute atomic E-state index is 14.5. The minimum atomic E-state index is -1.15. The number of amides is 1. The van der Waals surface area contributed by atoms with Crippen molar-refractivity contribution in [1.29, 1.82) is 0 Å². The molecule has 8 nitrogen and oxygen atoms in total. The fraction of sp³-hybridized carbons (Fsp3) is 0.367. The average molecular weight is 533 g/mol. The molecule has 0 aliphatic heterocycles. The predicted molar refractivity (Wildman–Crippen MR) is 146 cm³/mol. The first-order valence-electron chi connectivity index (χ1n) is 13.2. The number of benzene rings is 2. The minimum Gasteiger partial charge on any atom is -0.496 e. The zero-order valence-electron chi connectivity index (χ0n) is 22.3. The van der Waals surface area contributed by atoms with Gasteiger partial charge in [-0.1, -0.05) is 6.07 Å². The van der Waals surface area contributed by atoms with Crippen LogP contribution < -0.4 is 14.8 Å². The van der Waals surface area contributed by atoms with Crippen LogP contribution in [0.3, 0.4) is 0 Å². The second-order valence-electron chi connectivity index (χ2n) is 10.5. The Balaban J connectivity index is 1.33. The van der Waals surface area contributed by atoms with Gasteiger partial charge >= 0.3 is 0 Å². The van der Waals surface area contributed by atoms with E-state index in [-0.39, 0.29) is 24.5 Å². The molecule has 2 heterocycles. The van der Waals surface area contributed by atoms with E-state index in [0.717, 1.165) is 22.9 Å². The van der Waals surface area contributed by atoms with Crippen molar-refractivity contribution in [3.05, 3.63) is 71.7 Å². The second-order valence-corrected chi connectivity index (χ2v) is 10.5. The minimum absolute atomic E-state index is 0.00911. The molecule has 39 heavy (non-hydrogen) atoms. The van der Waals surface area contributed by atoms with Gasteiger partial charge in [-0.3, -0.25) is 9.89 Å². The summed E-state index contributed by atoms with van der Waals surface area (Å²) >= 11 is 0. The van der Waals surface area contributed by atoms with Gasteiger partial charge in [0.25, 0.3) is 5.91 Å². The molecule has 1 amide bonds.